The Bertz CT molecular complexity index is 842. The number of amides is 1. The number of carboxylic acid groups (broad SMARTS) is 1. The molecule has 1 aliphatic heterocycles. The number of carboxylic acids is 1. The minimum Gasteiger partial charge on any atom is -0.478 e. The first-order valence-electron chi connectivity index (χ1n) is 8.07. The number of carbonyl (C=O) groups is 2. The molecule has 0 saturated carbocycles. The highest BCUT2D eigenvalue weighted by molar-refractivity contribution is 5.88. The second-order valence-electron chi connectivity index (χ2n) is 5.93. The molecular weight excluding hydrogens is 322 g/mol. The van der Waals surface area contributed by atoms with Crippen LogP contribution in [0, 0.1) is 0 Å². The van der Waals surface area contributed by atoms with E-state index < -0.39 is 5.97 Å². The number of piperazine rings is 1. The van der Waals surface area contributed by atoms with Crippen LogP contribution in [0.1, 0.15) is 10.4 Å². The van der Waals surface area contributed by atoms with Gasteiger partial charge in [0.1, 0.15) is 0 Å². The van der Waals surface area contributed by atoms with Crippen molar-refractivity contribution in [3.05, 3.63) is 58.5 Å². The van der Waals surface area contributed by atoms with Crippen molar-refractivity contribution >= 4 is 11.9 Å². The van der Waals surface area contributed by atoms with Gasteiger partial charge in [0, 0.05) is 37.9 Å². The van der Waals surface area contributed by atoms with Crippen LogP contribution in [0.25, 0.3) is 11.1 Å². The van der Waals surface area contributed by atoms with Gasteiger partial charge in [0.2, 0.25) is 5.91 Å². The van der Waals surface area contributed by atoms with Crippen molar-refractivity contribution in [2.45, 2.75) is 6.54 Å². The second-order valence-corrected chi connectivity index (χ2v) is 5.93. The van der Waals surface area contributed by atoms with Crippen molar-refractivity contribution in [2.75, 3.05) is 26.2 Å². The number of nitrogens with one attached hydrogen (secondary N) is 1. The van der Waals surface area contributed by atoms with Gasteiger partial charge in [-0.25, -0.2) is 4.79 Å². The SMILES string of the molecule is O=C1CN(CCn2cccc(-c3ccc(C(=O)O)cc3)c2=O)CCN1. The number of hydrogen-bond donors (Lipinski definition) is 2. The average molecular weight is 341 g/mol. The molecule has 7 nitrogen and oxygen atoms in total. The summed E-state index contributed by atoms with van der Waals surface area (Å²) in [6.07, 6.45) is 1.72. The lowest BCUT2D eigenvalue weighted by atomic mass is 10.1. The number of carbonyl (C=O) groups excluding carboxylic acids is 1. The van der Waals surface area contributed by atoms with E-state index in [0.717, 1.165) is 6.54 Å². The number of hydrogen-bond acceptors (Lipinski definition) is 4. The van der Waals surface area contributed by atoms with Crippen LogP contribution in [0.15, 0.2) is 47.4 Å². The van der Waals surface area contributed by atoms with Crippen LogP contribution in [-0.2, 0) is 11.3 Å². The summed E-state index contributed by atoms with van der Waals surface area (Å²) in [7, 11) is 0. The molecule has 0 unspecified atom stereocenters. The average Bonchev–Trinajstić information content (AvgIpc) is 2.61. The topological polar surface area (TPSA) is 91.6 Å². The maximum Gasteiger partial charge on any atom is 0.335 e. The minimum absolute atomic E-state index is 0.00543. The third-order valence-electron chi connectivity index (χ3n) is 4.24. The Morgan fingerprint density at radius 3 is 2.56 bits per heavy atom. The normalized spacial score (nSPS) is 15.0. The number of nitrogens with zero attached hydrogens (tertiary/aromatic N) is 2. The third kappa shape index (κ3) is 3.95. The van der Waals surface area contributed by atoms with Crippen molar-refractivity contribution in [1.82, 2.24) is 14.8 Å². The minimum atomic E-state index is -0.998. The molecule has 0 bridgehead atoms. The number of rotatable bonds is 5. The van der Waals surface area contributed by atoms with Crippen molar-refractivity contribution < 1.29 is 14.7 Å². The summed E-state index contributed by atoms with van der Waals surface area (Å²) in [5.41, 5.74) is 1.26. The smallest absolute Gasteiger partial charge is 0.335 e. The molecule has 1 saturated heterocycles. The van der Waals surface area contributed by atoms with Gasteiger partial charge in [0.25, 0.3) is 5.56 Å². The van der Waals surface area contributed by atoms with E-state index in [9.17, 15) is 14.4 Å². The maximum absolute atomic E-state index is 12.7. The van der Waals surface area contributed by atoms with Gasteiger partial charge in [-0.2, -0.15) is 0 Å². The van der Waals surface area contributed by atoms with E-state index in [4.69, 9.17) is 5.11 Å². The summed E-state index contributed by atoms with van der Waals surface area (Å²) in [4.78, 5) is 37.0. The largest absolute Gasteiger partial charge is 0.478 e. The summed E-state index contributed by atoms with van der Waals surface area (Å²) >= 11 is 0. The molecule has 0 radical (unpaired) electrons. The molecule has 25 heavy (non-hydrogen) atoms. The molecule has 130 valence electrons. The van der Waals surface area contributed by atoms with Crippen molar-refractivity contribution in [3.63, 3.8) is 0 Å². The summed E-state index contributed by atoms with van der Waals surface area (Å²) in [6.45, 7) is 2.87. The lowest BCUT2D eigenvalue weighted by molar-refractivity contribution is -0.124. The second kappa shape index (κ2) is 7.31. The number of pyridine rings is 1. The molecule has 2 N–H and O–H groups in total. The molecule has 0 aliphatic carbocycles. The van der Waals surface area contributed by atoms with Crippen LogP contribution in [0.5, 0.6) is 0 Å². The monoisotopic (exact) mass is 341 g/mol. The van der Waals surface area contributed by atoms with E-state index in [0.29, 0.717) is 37.3 Å². The zero-order chi connectivity index (χ0) is 17.8. The van der Waals surface area contributed by atoms with Crippen LogP contribution in [-0.4, -0.2) is 52.6 Å². The first-order valence-corrected chi connectivity index (χ1v) is 8.07. The van der Waals surface area contributed by atoms with Crippen LogP contribution < -0.4 is 10.9 Å². The van der Waals surface area contributed by atoms with Crippen LogP contribution in [0.3, 0.4) is 0 Å². The predicted octanol–water partition coefficient (Wildman–Crippen LogP) is 0.645. The fourth-order valence-corrected chi connectivity index (χ4v) is 2.86. The molecule has 7 heteroatoms. The number of aromatic nitrogens is 1. The van der Waals surface area contributed by atoms with E-state index in [1.54, 1.807) is 35.0 Å². The van der Waals surface area contributed by atoms with E-state index in [1.807, 2.05) is 4.90 Å². The summed E-state index contributed by atoms with van der Waals surface area (Å²) in [5.74, 6) is -0.992. The number of aromatic carboxylic acids is 1. The Morgan fingerprint density at radius 2 is 1.88 bits per heavy atom. The summed E-state index contributed by atoms with van der Waals surface area (Å²) in [6, 6.07) is 9.77. The van der Waals surface area contributed by atoms with Gasteiger partial charge in [-0.1, -0.05) is 12.1 Å². The summed E-state index contributed by atoms with van der Waals surface area (Å²) < 4.78 is 1.62. The molecular formula is C18H19N3O4. The third-order valence-corrected chi connectivity index (χ3v) is 4.24. The van der Waals surface area contributed by atoms with Gasteiger partial charge in [-0.15, -0.1) is 0 Å². The molecule has 2 heterocycles. The molecule has 3 rings (SSSR count). The van der Waals surface area contributed by atoms with Gasteiger partial charge in [0.15, 0.2) is 0 Å². The van der Waals surface area contributed by atoms with Gasteiger partial charge >= 0.3 is 5.97 Å². The molecule has 0 atom stereocenters. The fourth-order valence-electron chi connectivity index (χ4n) is 2.86. The van der Waals surface area contributed by atoms with E-state index in [1.165, 1.54) is 12.1 Å². The van der Waals surface area contributed by atoms with Crippen molar-refractivity contribution in [3.8, 4) is 11.1 Å². The Kier molecular flexibility index (Phi) is 4.95. The highest BCUT2D eigenvalue weighted by Crippen LogP contribution is 2.16. The van der Waals surface area contributed by atoms with E-state index in [-0.39, 0.29) is 17.0 Å². The van der Waals surface area contributed by atoms with Crippen molar-refractivity contribution in [1.29, 1.82) is 0 Å². The molecule has 1 amide bonds. The predicted molar refractivity (Wildman–Crippen MR) is 92.5 cm³/mol. The molecule has 1 fully saturated rings. The zero-order valence-electron chi connectivity index (χ0n) is 13.6. The molecule has 1 aliphatic rings. The molecule has 1 aromatic carbocycles. The molecule has 2 aromatic rings. The Hall–Kier alpha value is -2.93. The highest BCUT2D eigenvalue weighted by Gasteiger charge is 2.16. The van der Waals surface area contributed by atoms with Crippen LogP contribution >= 0.6 is 0 Å². The van der Waals surface area contributed by atoms with Gasteiger partial charge < -0.3 is 15.0 Å². The lowest BCUT2D eigenvalue weighted by Crippen LogP contribution is -2.48. The van der Waals surface area contributed by atoms with Gasteiger partial charge in [-0.3, -0.25) is 14.5 Å². The first-order chi connectivity index (χ1) is 12.0. The van der Waals surface area contributed by atoms with Crippen LogP contribution in [0.4, 0.5) is 0 Å². The summed E-state index contributed by atoms with van der Waals surface area (Å²) in [5, 5.41) is 11.7. The van der Waals surface area contributed by atoms with Crippen LogP contribution in [0.2, 0.25) is 0 Å². The lowest BCUT2D eigenvalue weighted by Gasteiger charge is -2.26. The quantitative estimate of drug-likeness (QED) is 0.833. The molecule has 1 aromatic heterocycles. The van der Waals surface area contributed by atoms with Gasteiger partial charge in [-0.05, 0) is 29.8 Å². The zero-order valence-corrected chi connectivity index (χ0v) is 13.6. The van der Waals surface area contributed by atoms with E-state index in [2.05, 4.69) is 5.32 Å². The first kappa shape index (κ1) is 16.9. The maximum atomic E-state index is 12.7. The Morgan fingerprint density at radius 1 is 1.12 bits per heavy atom. The van der Waals surface area contributed by atoms with Crippen molar-refractivity contribution in [2.24, 2.45) is 0 Å². The van der Waals surface area contributed by atoms with Gasteiger partial charge in [0.05, 0.1) is 12.1 Å². The van der Waals surface area contributed by atoms with E-state index >= 15 is 0 Å². The fraction of sp³-hybridized carbons (Fsp3) is 0.278. The molecule has 0 spiro atoms. The Balaban J connectivity index is 1.76. The number of benzene rings is 1. The Labute approximate surface area is 144 Å². The highest BCUT2D eigenvalue weighted by atomic mass is 16.4. The standard InChI is InChI=1S/C18H19N3O4/c22-16-12-20(9-7-19-16)10-11-21-8-1-2-15(17(21)23)13-3-5-14(6-4-13)18(24)25/h1-6,8H,7,9-12H2,(H,19,22)(H,24,25).